The van der Waals surface area contributed by atoms with Gasteiger partial charge >= 0.3 is 11.9 Å². The topological polar surface area (TPSA) is 123 Å². The van der Waals surface area contributed by atoms with E-state index in [4.69, 9.17) is 10.2 Å². The maximum Gasteiger partial charge on any atom is 0.328 e. The van der Waals surface area contributed by atoms with Gasteiger partial charge in [-0.2, -0.15) is 0 Å². The Hall–Kier alpha value is -2.43. The number of aromatic nitrogens is 1. The molecule has 3 rings (SSSR count). The lowest BCUT2D eigenvalue weighted by Crippen LogP contribution is -2.53. The number of piperazine rings is 1. The number of carboxylic acids is 2. The van der Waals surface area contributed by atoms with E-state index in [1.54, 1.807) is 18.0 Å². The molecule has 2 fully saturated rings. The number of unbranched alkanes of at least 4 members (excludes halogenated alkanes) is 5. The van der Waals surface area contributed by atoms with Crippen LogP contribution in [-0.4, -0.2) is 87.4 Å². The van der Waals surface area contributed by atoms with E-state index in [9.17, 15) is 14.4 Å². The molecular formula is C25H38N4O5S. The number of pyridine rings is 1. The molecule has 0 spiro atoms. The number of aliphatic carboxylic acids is 2. The van der Waals surface area contributed by atoms with Crippen molar-refractivity contribution in [2.45, 2.75) is 56.9 Å². The molecule has 2 aliphatic rings. The Labute approximate surface area is 212 Å². The van der Waals surface area contributed by atoms with E-state index in [0.717, 1.165) is 37.5 Å². The normalized spacial score (nSPS) is 20.4. The van der Waals surface area contributed by atoms with Gasteiger partial charge in [0.1, 0.15) is 0 Å². The molecule has 9 nitrogen and oxygen atoms in total. The van der Waals surface area contributed by atoms with Crippen LogP contribution in [0.1, 0.15) is 56.4 Å². The lowest BCUT2D eigenvalue weighted by Gasteiger charge is -2.36. The smallest absolute Gasteiger partial charge is 0.328 e. The van der Waals surface area contributed by atoms with Gasteiger partial charge in [-0.05, 0) is 24.6 Å². The number of carboxylic acid groups (broad SMARTS) is 2. The van der Waals surface area contributed by atoms with Crippen molar-refractivity contribution in [1.29, 1.82) is 0 Å². The number of carbonyl (C=O) groups excluding carboxylic acids is 1. The maximum absolute atomic E-state index is 12.9. The van der Waals surface area contributed by atoms with Crippen molar-refractivity contribution in [2.24, 2.45) is 0 Å². The Kier molecular flexibility index (Phi) is 13.4. The van der Waals surface area contributed by atoms with Crippen LogP contribution in [0.3, 0.4) is 0 Å². The molecule has 0 aromatic carbocycles. The Morgan fingerprint density at radius 2 is 1.71 bits per heavy atom. The summed E-state index contributed by atoms with van der Waals surface area (Å²) in [5.41, 5.74) is 1.15. The Bertz CT molecular complexity index is 799. The van der Waals surface area contributed by atoms with Crippen LogP contribution < -0.4 is 5.32 Å². The summed E-state index contributed by atoms with van der Waals surface area (Å²) in [6, 6.07) is 3.96. The van der Waals surface area contributed by atoms with Crippen LogP contribution in [-0.2, 0) is 14.4 Å². The number of thioether (sulfide) groups is 1. The van der Waals surface area contributed by atoms with E-state index in [-0.39, 0.29) is 17.3 Å². The summed E-state index contributed by atoms with van der Waals surface area (Å²) in [5.74, 6) is -1.40. The molecular weight excluding hydrogens is 468 g/mol. The molecule has 0 saturated carbocycles. The third-order valence-electron chi connectivity index (χ3n) is 5.95. The first-order valence-corrected chi connectivity index (χ1v) is 13.4. The molecule has 2 unspecified atom stereocenters. The lowest BCUT2D eigenvalue weighted by atomic mass is 10.1. The third-order valence-corrected chi connectivity index (χ3v) is 7.22. The predicted molar refractivity (Wildman–Crippen MR) is 137 cm³/mol. The van der Waals surface area contributed by atoms with Crippen LogP contribution in [0.2, 0.25) is 0 Å². The average molecular weight is 507 g/mol. The van der Waals surface area contributed by atoms with Crippen molar-refractivity contribution >= 4 is 29.6 Å². The maximum atomic E-state index is 12.9. The SMILES string of the molecule is CCCCCCCCN1CCN(C(=O)C2CSC(c3cccnc3)N2)CC1.O=C(O)/C=C/C(=O)O. The number of amides is 1. The minimum Gasteiger partial charge on any atom is -0.478 e. The van der Waals surface area contributed by atoms with Crippen molar-refractivity contribution in [1.82, 2.24) is 20.1 Å². The molecule has 1 aromatic heterocycles. The molecule has 1 aromatic rings. The molecule has 3 N–H and O–H groups in total. The molecule has 2 aliphatic heterocycles. The van der Waals surface area contributed by atoms with Gasteiger partial charge in [0.25, 0.3) is 0 Å². The molecule has 1 amide bonds. The summed E-state index contributed by atoms with van der Waals surface area (Å²) < 4.78 is 0. The lowest BCUT2D eigenvalue weighted by molar-refractivity contribution is -0.134. The zero-order valence-corrected chi connectivity index (χ0v) is 21.3. The Morgan fingerprint density at radius 1 is 1.06 bits per heavy atom. The monoisotopic (exact) mass is 506 g/mol. The highest BCUT2D eigenvalue weighted by molar-refractivity contribution is 7.99. The van der Waals surface area contributed by atoms with Gasteiger partial charge in [-0.15, -0.1) is 11.8 Å². The fraction of sp³-hybridized carbons (Fsp3) is 0.600. The number of hydrogen-bond acceptors (Lipinski definition) is 7. The predicted octanol–water partition coefficient (Wildman–Crippen LogP) is 3.00. The van der Waals surface area contributed by atoms with Crippen LogP contribution in [0.4, 0.5) is 0 Å². The van der Waals surface area contributed by atoms with E-state index in [1.807, 2.05) is 12.3 Å². The van der Waals surface area contributed by atoms with E-state index in [1.165, 1.54) is 45.1 Å². The summed E-state index contributed by atoms with van der Waals surface area (Å²) in [6.07, 6.45) is 12.9. The minimum atomic E-state index is -1.26. The van der Waals surface area contributed by atoms with Gasteiger partial charge < -0.3 is 15.1 Å². The molecule has 3 heterocycles. The van der Waals surface area contributed by atoms with Gasteiger partial charge in [0.05, 0.1) is 11.4 Å². The number of rotatable bonds is 11. The van der Waals surface area contributed by atoms with Gasteiger partial charge in [0.2, 0.25) is 5.91 Å². The second-order valence-corrected chi connectivity index (χ2v) is 9.80. The number of carbonyl (C=O) groups is 3. The first-order valence-electron chi connectivity index (χ1n) is 12.3. The first-order chi connectivity index (χ1) is 16.9. The fourth-order valence-corrected chi connectivity index (χ4v) is 5.22. The van der Waals surface area contributed by atoms with Gasteiger partial charge in [-0.1, -0.05) is 45.1 Å². The van der Waals surface area contributed by atoms with Gasteiger partial charge in [0.15, 0.2) is 0 Å². The molecule has 0 aliphatic carbocycles. The van der Waals surface area contributed by atoms with Crippen LogP contribution in [0.25, 0.3) is 0 Å². The Balaban J connectivity index is 0.000000466. The number of nitrogens with one attached hydrogen (secondary N) is 1. The van der Waals surface area contributed by atoms with Gasteiger partial charge in [0, 0.05) is 56.5 Å². The molecule has 0 bridgehead atoms. The van der Waals surface area contributed by atoms with Gasteiger partial charge in [-0.3, -0.25) is 20.0 Å². The first kappa shape index (κ1) is 28.8. The Morgan fingerprint density at radius 3 is 2.31 bits per heavy atom. The van der Waals surface area contributed by atoms with Crippen LogP contribution >= 0.6 is 11.8 Å². The van der Waals surface area contributed by atoms with Crippen molar-refractivity contribution in [3.63, 3.8) is 0 Å². The summed E-state index contributed by atoms with van der Waals surface area (Å²) in [5, 5.41) is 19.3. The quantitative estimate of drug-likeness (QED) is 0.307. The highest BCUT2D eigenvalue weighted by atomic mass is 32.2. The van der Waals surface area contributed by atoms with Crippen molar-refractivity contribution in [2.75, 3.05) is 38.5 Å². The summed E-state index contributed by atoms with van der Waals surface area (Å²) in [6.45, 7) is 7.23. The molecule has 0 radical (unpaired) electrons. The van der Waals surface area contributed by atoms with Crippen molar-refractivity contribution in [3.05, 3.63) is 42.2 Å². The zero-order chi connectivity index (χ0) is 25.5. The molecule has 2 saturated heterocycles. The van der Waals surface area contributed by atoms with Gasteiger partial charge in [-0.25, -0.2) is 9.59 Å². The minimum absolute atomic E-state index is 0.0645. The van der Waals surface area contributed by atoms with E-state index < -0.39 is 11.9 Å². The van der Waals surface area contributed by atoms with Crippen LogP contribution in [0, 0.1) is 0 Å². The van der Waals surface area contributed by atoms with Crippen molar-refractivity contribution < 1.29 is 24.6 Å². The molecule has 10 heteroatoms. The summed E-state index contributed by atoms with van der Waals surface area (Å²) in [7, 11) is 0. The molecule has 2 atom stereocenters. The highest BCUT2D eigenvalue weighted by Crippen LogP contribution is 2.32. The van der Waals surface area contributed by atoms with Crippen molar-refractivity contribution in [3.8, 4) is 0 Å². The number of nitrogens with zero attached hydrogens (tertiary/aromatic N) is 3. The van der Waals surface area contributed by atoms with E-state index >= 15 is 0 Å². The fourth-order valence-electron chi connectivity index (χ4n) is 4.01. The second kappa shape index (κ2) is 16.3. The largest absolute Gasteiger partial charge is 0.478 e. The molecule has 35 heavy (non-hydrogen) atoms. The average Bonchev–Trinajstić information content (AvgIpc) is 3.36. The van der Waals surface area contributed by atoms with Crippen LogP contribution in [0.15, 0.2) is 36.7 Å². The third kappa shape index (κ3) is 11.2. The second-order valence-electron chi connectivity index (χ2n) is 8.66. The summed E-state index contributed by atoms with van der Waals surface area (Å²) in [4.78, 5) is 40.7. The standard InChI is InChI=1S/C21H34N4OS.C4H4O4/c1-2-3-4-5-6-7-11-24-12-14-25(15-13-24)21(26)19-17-27-20(23-19)18-9-8-10-22-16-18;5-3(6)1-2-4(7)8/h8-10,16,19-20,23H,2-7,11-15,17H2,1H3;1-2H,(H,5,6)(H,7,8)/b;2-1+. The summed E-state index contributed by atoms with van der Waals surface area (Å²) >= 11 is 1.81. The zero-order valence-electron chi connectivity index (χ0n) is 20.5. The highest BCUT2D eigenvalue weighted by Gasteiger charge is 2.34. The van der Waals surface area contributed by atoms with Crippen LogP contribution in [0.5, 0.6) is 0 Å². The number of hydrogen-bond donors (Lipinski definition) is 3. The van der Waals surface area contributed by atoms with E-state index in [2.05, 4.69) is 33.1 Å². The molecule has 194 valence electrons. The van der Waals surface area contributed by atoms with E-state index in [0.29, 0.717) is 12.2 Å².